The minimum absolute atomic E-state index is 0.0503. The number of aliphatic imine (C=N–C) groups is 1. The predicted molar refractivity (Wildman–Crippen MR) is 110 cm³/mol. The molecule has 0 saturated heterocycles. The summed E-state index contributed by atoms with van der Waals surface area (Å²) in [4.78, 5) is 24.3. The third kappa shape index (κ3) is 3.12. The number of nitrogens with zero attached hydrogens (tertiary/aromatic N) is 2. The Morgan fingerprint density at radius 2 is 2.19 bits per heavy atom. The maximum absolute atomic E-state index is 11.9. The number of hydrogen-bond acceptors (Lipinski definition) is 3. The zero-order valence-corrected chi connectivity index (χ0v) is 15.6. The smallest absolute Gasteiger partial charge is 0.248 e. The largest absolute Gasteiger partial charge is 0.326 e. The Morgan fingerprint density at radius 1 is 1.30 bits per heavy atom. The van der Waals surface area contributed by atoms with Crippen LogP contribution in [0.4, 0.5) is 0 Å². The summed E-state index contributed by atoms with van der Waals surface area (Å²) in [6.45, 7) is 4.26. The fourth-order valence-corrected chi connectivity index (χ4v) is 4.44. The first-order chi connectivity index (χ1) is 13.1. The van der Waals surface area contributed by atoms with Crippen LogP contribution in [-0.2, 0) is 12.0 Å². The van der Waals surface area contributed by atoms with E-state index in [0.717, 1.165) is 29.8 Å². The first kappa shape index (κ1) is 17.4. The summed E-state index contributed by atoms with van der Waals surface area (Å²) in [5, 5.41) is 0. The van der Waals surface area contributed by atoms with Crippen molar-refractivity contribution in [3.8, 4) is 0 Å². The summed E-state index contributed by atoms with van der Waals surface area (Å²) in [5.41, 5.74) is 5.19. The number of aromatic nitrogens is 2. The molecule has 2 bridgehead atoms. The highest BCUT2D eigenvalue weighted by molar-refractivity contribution is 5.78. The molecule has 2 aliphatic rings. The van der Waals surface area contributed by atoms with Crippen molar-refractivity contribution in [2.75, 3.05) is 0 Å². The summed E-state index contributed by atoms with van der Waals surface area (Å²) in [6, 6.07) is 9.39. The van der Waals surface area contributed by atoms with Crippen LogP contribution in [0.25, 0.3) is 6.08 Å². The first-order valence-electron chi connectivity index (χ1n) is 9.32. The Balaban J connectivity index is 1.79. The first-order valence-corrected chi connectivity index (χ1v) is 9.32. The molecule has 2 aliphatic carbocycles. The molecular formula is C23H23N3O. The molecule has 4 nitrogen and oxygen atoms in total. The van der Waals surface area contributed by atoms with E-state index in [-0.39, 0.29) is 11.5 Å². The second kappa shape index (κ2) is 6.95. The highest BCUT2D eigenvalue weighted by Crippen LogP contribution is 2.51. The van der Waals surface area contributed by atoms with Crippen LogP contribution in [0.1, 0.15) is 37.2 Å². The van der Waals surface area contributed by atoms with E-state index in [1.165, 1.54) is 11.1 Å². The summed E-state index contributed by atoms with van der Waals surface area (Å²) in [7, 11) is 0. The Bertz CT molecular complexity index is 1030. The van der Waals surface area contributed by atoms with Crippen LogP contribution in [0.5, 0.6) is 0 Å². The molecule has 0 aromatic carbocycles. The average molecular weight is 357 g/mol. The van der Waals surface area contributed by atoms with Gasteiger partial charge in [-0.25, -0.2) is 0 Å². The predicted octanol–water partition coefficient (Wildman–Crippen LogP) is 4.22. The van der Waals surface area contributed by atoms with Crippen molar-refractivity contribution in [1.29, 1.82) is 0 Å². The number of rotatable bonds is 3. The Kier molecular flexibility index (Phi) is 4.48. The molecule has 0 aliphatic heterocycles. The van der Waals surface area contributed by atoms with Gasteiger partial charge in [-0.1, -0.05) is 23.8 Å². The van der Waals surface area contributed by atoms with Crippen molar-refractivity contribution in [3.63, 3.8) is 0 Å². The fraction of sp³-hybridized carbons (Fsp3) is 0.261. The van der Waals surface area contributed by atoms with Crippen LogP contribution in [0.2, 0.25) is 0 Å². The lowest BCUT2D eigenvalue weighted by molar-refractivity contribution is 0.413. The SMILES string of the molecule is C/C=C1\[C@H]2C=C(C)C[C@]1(N=CC=Cc1ccccn1)c1ccc(=O)[nH]c1C2. The zero-order chi connectivity index (χ0) is 18.9. The van der Waals surface area contributed by atoms with Gasteiger partial charge in [0.05, 0.1) is 5.69 Å². The van der Waals surface area contributed by atoms with Crippen LogP contribution in [-0.4, -0.2) is 16.2 Å². The molecule has 2 aromatic rings. The van der Waals surface area contributed by atoms with Crippen molar-refractivity contribution in [2.24, 2.45) is 10.9 Å². The molecule has 2 atom stereocenters. The van der Waals surface area contributed by atoms with Gasteiger partial charge in [-0.2, -0.15) is 0 Å². The van der Waals surface area contributed by atoms with Gasteiger partial charge in [-0.3, -0.25) is 14.8 Å². The van der Waals surface area contributed by atoms with Crippen LogP contribution in [0.3, 0.4) is 0 Å². The molecule has 0 spiro atoms. The van der Waals surface area contributed by atoms with Gasteiger partial charge in [0.15, 0.2) is 0 Å². The van der Waals surface area contributed by atoms with Crippen molar-refractivity contribution in [3.05, 3.63) is 93.2 Å². The highest BCUT2D eigenvalue weighted by atomic mass is 16.1. The standard InChI is InChI=1S/C23H23N3O/c1-3-19-17-13-16(2)15-23(19,20-9-10-22(27)26-21(20)14-17)25-12-6-8-18-7-4-5-11-24-18/h3-13,17H,14-15H2,1-2H3,(H,26,27)/b8-6?,19-3+,25-12?/t17-,23+/m0/s1. The average Bonchev–Trinajstić information content (AvgIpc) is 2.65. The van der Waals surface area contributed by atoms with Crippen LogP contribution in [0, 0.1) is 5.92 Å². The molecule has 0 radical (unpaired) electrons. The number of fused-ring (bicyclic) bond motifs is 4. The maximum atomic E-state index is 11.9. The quantitative estimate of drug-likeness (QED) is 0.660. The lowest BCUT2D eigenvalue weighted by Gasteiger charge is -2.45. The molecule has 0 saturated carbocycles. The van der Waals surface area contributed by atoms with Gasteiger partial charge in [-0.05, 0) is 56.2 Å². The lowest BCUT2D eigenvalue weighted by atomic mass is 9.63. The third-order valence-electron chi connectivity index (χ3n) is 5.41. The Hall–Kier alpha value is -3.01. The van der Waals surface area contributed by atoms with Crippen molar-refractivity contribution in [1.82, 2.24) is 9.97 Å². The summed E-state index contributed by atoms with van der Waals surface area (Å²) < 4.78 is 0. The summed E-state index contributed by atoms with van der Waals surface area (Å²) in [6.07, 6.45) is 13.7. The molecule has 27 heavy (non-hydrogen) atoms. The molecule has 0 amide bonds. The molecule has 1 N–H and O–H groups in total. The maximum Gasteiger partial charge on any atom is 0.248 e. The number of H-pyrrole nitrogens is 1. The summed E-state index contributed by atoms with van der Waals surface area (Å²) in [5.74, 6) is 0.284. The lowest BCUT2D eigenvalue weighted by Crippen LogP contribution is -2.40. The Morgan fingerprint density at radius 3 is 2.96 bits per heavy atom. The van der Waals surface area contributed by atoms with Crippen LogP contribution in [0.15, 0.2) is 75.7 Å². The van der Waals surface area contributed by atoms with Crippen LogP contribution >= 0.6 is 0 Å². The van der Waals surface area contributed by atoms with E-state index in [9.17, 15) is 4.79 Å². The molecule has 2 heterocycles. The van der Waals surface area contributed by atoms with Crippen LogP contribution < -0.4 is 5.56 Å². The normalized spacial score (nSPS) is 25.8. The van der Waals surface area contributed by atoms with E-state index in [1.807, 2.05) is 42.6 Å². The topological polar surface area (TPSA) is 58.1 Å². The third-order valence-corrected chi connectivity index (χ3v) is 5.41. The number of allylic oxidation sites excluding steroid dienone is 3. The molecule has 2 aromatic heterocycles. The van der Waals surface area contributed by atoms with E-state index < -0.39 is 5.54 Å². The van der Waals surface area contributed by atoms with E-state index in [4.69, 9.17) is 4.99 Å². The van der Waals surface area contributed by atoms with E-state index >= 15 is 0 Å². The van der Waals surface area contributed by atoms with Crippen molar-refractivity contribution < 1.29 is 0 Å². The molecule has 0 unspecified atom stereocenters. The summed E-state index contributed by atoms with van der Waals surface area (Å²) >= 11 is 0. The van der Waals surface area contributed by atoms with Gasteiger partial charge < -0.3 is 4.98 Å². The van der Waals surface area contributed by atoms with Crippen molar-refractivity contribution >= 4 is 12.3 Å². The molecule has 136 valence electrons. The number of nitrogens with one attached hydrogen (secondary N) is 1. The molecule has 0 fully saturated rings. The van der Waals surface area contributed by atoms with E-state index in [2.05, 4.69) is 36.0 Å². The minimum Gasteiger partial charge on any atom is -0.326 e. The van der Waals surface area contributed by atoms with E-state index in [1.54, 1.807) is 12.3 Å². The van der Waals surface area contributed by atoms with Gasteiger partial charge >= 0.3 is 0 Å². The highest BCUT2D eigenvalue weighted by Gasteiger charge is 2.46. The minimum atomic E-state index is -0.440. The second-order valence-corrected chi connectivity index (χ2v) is 7.21. The molecule has 4 rings (SSSR count). The monoisotopic (exact) mass is 357 g/mol. The van der Waals surface area contributed by atoms with Crippen molar-refractivity contribution in [2.45, 2.75) is 32.2 Å². The second-order valence-electron chi connectivity index (χ2n) is 7.21. The van der Waals surface area contributed by atoms with Gasteiger partial charge in [0.1, 0.15) is 5.54 Å². The van der Waals surface area contributed by atoms with Gasteiger partial charge in [0.25, 0.3) is 0 Å². The number of pyridine rings is 2. The van der Waals surface area contributed by atoms with Gasteiger partial charge in [-0.15, -0.1) is 0 Å². The number of hydrogen-bond donors (Lipinski definition) is 1. The van der Waals surface area contributed by atoms with Gasteiger partial charge in [0, 0.05) is 42.1 Å². The zero-order valence-electron chi connectivity index (χ0n) is 15.6. The van der Waals surface area contributed by atoms with E-state index in [0.29, 0.717) is 0 Å². The molecular weight excluding hydrogens is 334 g/mol. The number of aromatic amines is 1. The fourth-order valence-electron chi connectivity index (χ4n) is 4.44. The molecule has 4 heteroatoms. The Labute approximate surface area is 159 Å². The van der Waals surface area contributed by atoms with Gasteiger partial charge in [0.2, 0.25) is 5.56 Å².